The lowest BCUT2D eigenvalue weighted by Crippen LogP contribution is -2.52. The van der Waals surface area contributed by atoms with Gasteiger partial charge in [0.15, 0.2) is 0 Å². The number of nitrogens with zero attached hydrogens (tertiary/aromatic N) is 2. The molecule has 172 valence electrons. The lowest BCUT2D eigenvalue weighted by atomic mass is 9.71. The standard InChI is InChI=1S/C29H29N3O2/c1-28(2,3)34-27(33)32-29(15-7-16-29)23-12-10-21(11-13-23)26-25(20-8-5-4-6-9-20)24-14-17-30-18-22(24)19-31-26/h4-6,8-14,17-19H,7,15-16H2,1-3H3,(H,32,33). The molecule has 5 rings (SSSR count). The minimum Gasteiger partial charge on any atom is -0.444 e. The van der Waals surface area contributed by atoms with E-state index in [9.17, 15) is 4.79 Å². The summed E-state index contributed by atoms with van der Waals surface area (Å²) >= 11 is 0. The first-order valence-corrected chi connectivity index (χ1v) is 11.7. The van der Waals surface area contributed by atoms with Crippen molar-refractivity contribution in [2.75, 3.05) is 0 Å². The molecule has 2 aromatic heterocycles. The van der Waals surface area contributed by atoms with Gasteiger partial charge in [0.1, 0.15) is 5.60 Å². The third-order valence-corrected chi connectivity index (χ3v) is 6.41. The fraction of sp³-hybridized carbons (Fsp3) is 0.276. The summed E-state index contributed by atoms with van der Waals surface area (Å²) in [5, 5.41) is 5.27. The molecule has 34 heavy (non-hydrogen) atoms. The zero-order chi connectivity index (χ0) is 23.8. The molecule has 0 atom stereocenters. The van der Waals surface area contributed by atoms with E-state index < -0.39 is 5.60 Å². The minimum absolute atomic E-state index is 0.368. The fourth-order valence-electron chi connectivity index (χ4n) is 4.64. The Bertz CT molecular complexity index is 1320. The van der Waals surface area contributed by atoms with Crippen molar-refractivity contribution < 1.29 is 9.53 Å². The van der Waals surface area contributed by atoms with Crippen LogP contribution in [0.5, 0.6) is 0 Å². The minimum atomic E-state index is -0.524. The van der Waals surface area contributed by atoms with Gasteiger partial charge in [-0.15, -0.1) is 0 Å². The molecule has 1 fully saturated rings. The first-order valence-electron chi connectivity index (χ1n) is 11.7. The van der Waals surface area contributed by atoms with Crippen LogP contribution in [0.3, 0.4) is 0 Å². The van der Waals surface area contributed by atoms with Gasteiger partial charge >= 0.3 is 6.09 Å². The molecule has 1 amide bonds. The molecule has 1 saturated carbocycles. The molecule has 0 radical (unpaired) electrons. The molecule has 1 aliphatic carbocycles. The van der Waals surface area contributed by atoms with Crippen LogP contribution in [-0.2, 0) is 10.3 Å². The number of amides is 1. The van der Waals surface area contributed by atoms with E-state index in [0.717, 1.165) is 58.0 Å². The normalized spacial score (nSPS) is 14.9. The Morgan fingerprint density at radius 3 is 2.32 bits per heavy atom. The largest absolute Gasteiger partial charge is 0.444 e. The van der Waals surface area contributed by atoms with Gasteiger partial charge in [0, 0.05) is 35.1 Å². The van der Waals surface area contributed by atoms with Crippen molar-refractivity contribution >= 4 is 16.9 Å². The second-order valence-electron chi connectivity index (χ2n) is 9.95. The highest BCUT2D eigenvalue weighted by Crippen LogP contribution is 2.43. The molecular weight excluding hydrogens is 422 g/mol. The van der Waals surface area contributed by atoms with Crippen molar-refractivity contribution in [1.82, 2.24) is 15.3 Å². The van der Waals surface area contributed by atoms with Gasteiger partial charge < -0.3 is 10.1 Å². The van der Waals surface area contributed by atoms with Crippen molar-refractivity contribution in [3.05, 3.63) is 84.8 Å². The summed E-state index contributed by atoms with van der Waals surface area (Å²) in [6, 6.07) is 20.8. The summed E-state index contributed by atoms with van der Waals surface area (Å²) < 4.78 is 5.52. The molecule has 0 aliphatic heterocycles. The van der Waals surface area contributed by atoms with Gasteiger partial charge in [-0.3, -0.25) is 9.97 Å². The number of carbonyl (C=O) groups excluding carboxylic acids is 1. The molecule has 5 heteroatoms. The molecule has 4 aromatic rings. The zero-order valence-electron chi connectivity index (χ0n) is 19.8. The lowest BCUT2D eigenvalue weighted by molar-refractivity contribution is 0.0377. The number of pyridine rings is 2. The maximum atomic E-state index is 12.5. The van der Waals surface area contributed by atoms with Crippen molar-refractivity contribution in [3.8, 4) is 22.4 Å². The van der Waals surface area contributed by atoms with Crippen molar-refractivity contribution in [3.63, 3.8) is 0 Å². The molecule has 0 saturated heterocycles. The quantitative estimate of drug-likeness (QED) is 0.368. The van der Waals surface area contributed by atoms with E-state index in [1.54, 1.807) is 0 Å². The second kappa shape index (κ2) is 8.56. The molecular formula is C29H29N3O2. The van der Waals surface area contributed by atoms with E-state index in [1.807, 2.05) is 63.6 Å². The number of rotatable bonds is 4. The van der Waals surface area contributed by atoms with Gasteiger partial charge in [0.25, 0.3) is 0 Å². The molecule has 1 N–H and O–H groups in total. The number of alkyl carbamates (subject to hydrolysis) is 1. The molecule has 5 nitrogen and oxygen atoms in total. The maximum absolute atomic E-state index is 12.5. The number of ether oxygens (including phenoxy) is 1. The highest BCUT2D eigenvalue weighted by Gasteiger charge is 2.41. The van der Waals surface area contributed by atoms with E-state index in [0.29, 0.717) is 0 Å². The maximum Gasteiger partial charge on any atom is 0.408 e. The van der Waals surface area contributed by atoms with Crippen LogP contribution in [0.15, 0.2) is 79.3 Å². The summed E-state index contributed by atoms with van der Waals surface area (Å²) in [4.78, 5) is 21.6. The average Bonchev–Trinajstić information content (AvgIpc) is 2.80. The van der Waals surface area contributed by atoms with Crippen LogP contribution >= 0.6 is 0 Å². The zero-order valence-corrected chi connectivity index (χ0v) is 19.8. The van der Waals surface area contributed by atoms with Gasteiger partial charge in [-0.05, 0) is 62.6 Å². The van der Waals surface area contributed by atoms with Gasteiger partial charge in [-0.25, -0.2) is 4.79 Å². The Labute approximate surface area is 200 Å². The van der Waals surface area contributed by atoms with E-state index in [1.165, 1.54) is 0 Å². The first kappa shape index (κ1) is 22.1. The van der Waals surface area contributed by atoms with Crippen LogP contribution in [0.4, 0.5) is 4.79 Å². The first-order chi connectivity index (χ1) is 16.3. The summed E-state index contributed by atoms with van der Waals surface area (Å²) in [5.74, 6) is 0. The van der Waals surface area contributed by atoms with Gasteiger partial charge in [0.05, 0.1) is 11.2 Å². The van der Waals surface area contributed by atoms with Crippen LogP contribution in [0.1, 0.15) is 45.6 Å². The molecule has 0 spiro atoms. The van der Waals surface area contributed by atoms with Crippen molar-refractivity contribution in [2.45, 2.75) is 51.2 Å². The van der Waals surface area contributed by atoms with Gasteiger partial charge in [-0.1, -0.05) is 54.6 Å². The smallest absolute Gasteiger partial charge is 0.408 e. The highest BCUT2D eigenvalue weighted by atomic mass is 16.6. The monoisotopic (exact) mass is 451 g/mol. The third-order valence-electron chi connectivity index (χ3n) is 6.41. The number of benzene rings is 2. The molecule has 0 unspecified atom stereocenters. The van der Waals surface area contributed by atoms with E-state index in [-0.39, 0.29) is 11.6 Å². The number of nitrogens with one attached hydrogen (secondary N) is 1. The Balaban J connectivity index is 1.52. The fourth-order valence-corrected chi connectivity index (χ4v) is 4.64. The summed E-state index contributed by atoms with van der Waals surface area (Å²) in [6.07, 6.45) is 8.08. The average molecular weight is 452 g/mol. The van der Waals surface area contributed by atoms with Gasteiger partial charge in [-0.2, -0.15) is 0 Å². The number of hydrogen-bond donors (Lipinski definition) is 1. The number of carbonyl (C=O) groups is 1. The Kier molecular flexibility index (Phi) is 5.56. The van der Waals surface area contributed by atoms with Crippen LogP contribution < -0.4 is 5.32 Å². The predicted molar refractivity (Wildman–Crippen MR) is 135 cm³/mol. The second-order valence-corrected chi connectivity index (χ2v) is 9.95. The number of aromatic nitrogens is 2. The van der Waals surface area contributed by atoms with Crippen LogP contribution in [-0.4, -0.2) is 21.7 Å². The number of hydrogen-bond acceptors (Lipinski definition) is 4. The summed E-state index contributed by atoms with van der Waals surface area (Å²) in [6.45, 7) is 5.64. The molecule has 2 aromatic carbocycles. The van der Waals surface area contributed by atoms with E-state index >= 15 is 0 Å². The Morgan fingerprint density at radius 1 is 0.941 bits per heavy atom. The highest BCUT2D eigenvalue weighted by molar-refractivity contribution is 6.01. The van der Waals surface area contributed by atoms with Crippen molar-refractivity contribution in [1.29, 1.82) is 0 Å². The van der Waals surface area contributed by atoms with E-state index in [4.69, 9.17) is 9.72 Å². The van der Waals surface area contributed by atoms with Crippen LogP contribution in [0.25, 0.3) is 33.2 Å². The third kappa shape index (κ3) is 4.26. The molecule has 2 heterocycles. The molecule has 1 aliphatic rings. The van der Waals surface area contributed by atoms with E-state index in [2.05, 4.69) is 46.7 Å². The lowest BCUT2D eigenvalue weighted by Gasteiger charge is -2.43. The molecule has 0 bridgehead atoms. The van der Waals surface area contributed by atoms with Crippen molar-refractivity contribution in [2.24, 2.45) is 0 Å². The number of fused-ring (bicyclic) bond motifs is 1. The van der Waals surface area contributed by atoms with Crippen LogP contribution in [0.2, 0.25) is 0 Å². The summed E-state index contributed by atoms with van der Waals surface area (Å²) in [5.41, 5.74) is 4.38. The van der Waals surface area contributed by atoms with Crippen LogP contribution in [0, 0.1) is 0 Å². The van der Waals surface area contributed by atoms with Gasteiger partial charge in [0.2, 0.25) is 0 Å². The topological polar surface area (TPSA) is 64.1 Å². The predicted octanol–water partition coefficient (Wildman–Crippen LogP) is 6.87. The Hall–Kier alpha value is -3.73. The Morgan fingerprint density at radius 2 is 1.68 bits per heavy atom. The summed E-state index contributed by atoms with van der Waals surface area (Å²) in [7, 11) is 0. The SMILES string of the molecule is CC(C)(C)OC(=O)NC1(c2ccc(-c3ncc4cnccc4c3-c3ccccc3)cc2)CCC1.